The summed E-state index contributed by atoms with van der Waals surface area (Å²) < 4.78 is 12.2. The van der Waals surface area contributed by atoms with Crippen LogP contribution in [0.15, 0.2) is 43.0 Å². The average Bonchev–Trinajstić information content (AvgIpc) is 2.52. The van der Waals surface area contributed by atoms with Gasteiger partial charge in [0.2, 0.25) is 0 Å². The third-order valence-electron chi connectivity index (χ3n) is 4.00. The van der Waals surface area contributed by atoms with Crippen LogP contribution in [-0.2, 0) is 6.42 Å². The van der Waals surface area contributed by atoms with Crippen molar-refractivity contribution in [2.24, 2.45) is 0 Å². The van der Waals surface area contributed by atoms with Crippen LogP contribution in [0.3, 0.4) is 0 Å². The molecular weight excluding hydrogens is 318 g/mol. The highest BCUT2D eigenvalue weighted by atomic mass is 19.1. The molecule has 5 heteroatoms. The molecule has 0 amide bonds. The zero-order valence-electron chi connectivity index (χ0n) is 15.1. The predicted molar refractivity (Wildman–Crippen MR) is 101 cm³/mol. The molecule has 0 aliphatic rings. The summed E-state index contributed by atoms with van der Waals surface area (Å²) in [7, 11) is -1.51. The van der Waals surface area contributed by atoms with Gasteiger partial charge in [0.05, 0.1) is 0 Å². The normalized spacial score (nSPS) is 9.88. The SMILES string of the molecule is C=CCc1c(C)cc(C)c(C(C)=O)c1C.OB(O)c1ccc(F)cc1. The summed E-state index contributed by atoms with van der Waals surface area (Å²) in [6, 6.07) is 7.08. The first kappa shape index (κ1) is 20.8. The topological polar surface area (TPSA) is 57.5 Å². The van der Waals surface area contributed by atoms with Crippen LogP contribution in [0.4, 0.5) is 4.39 Å². The van der Waals surface area contributed by atoms with E-state index in [0.29, 0.717) is 5.46 Å². The molecule has 0 atom stereocenters. The second kappa shape index (κ2) is 9.30. The Bertz CT molecular complexity index is 753. The van der Waals surface area contributed by atoms with Crippen molar-refractivity contribution in [3.8, 4) is 0 Å². The van der Waals surface area contributed by atoms with Gasteiger partial charge in [0.1, 0.15) is 5.82 Å². The van der Waals surface area contributed by atoms with Gasteiger partial charge in [-0.25, -0.2) is 4.39 Å². The van der Waals surface area contributed by atoms with Crippen molar-refractivity contribution in [1.82, 2.24) is 0 Å². The molecule has 2 aromatic rings. The lowest BCUT2D eigenvalue weighted by molar-refractivity contribution is 0.101. The van der Waals surface area contributed by atoms with Crippen molar-refractivity contribution in [2.45, 2.75) is 34.1 Å². The number of Topliss-reactive ketones (excluding diaryl/α,β-unsaturated/α-hetero) is 1. The van der Waals surface area contributed by atoms with E-state index >= 15 is 0 Å². The van der Waals surface area contributed by atoms with Gasteiger partial charge in [-0.2, -0.15) is 0 Å². The average molecular weight is 342 g/mol. The van der Waals surface area contributed by atoms with Crippen LogP contribution in [0.5, 0.6) is 0 Å². The van der Waals surface area contributed by atoms with Crippen LogP contribution in [0.2, 0.25) is 0 Å². The molecule has 3 nitrogen and oxygen atoms in total. The zero-order valence-corrected chi connectivity index (χ0v) is 15.1. The van der Waals surface area contributed by atoms with E-state index in [0.717, 1.165) is 23.1 Å². The van der Waals surface area contributed by atoms with Crippen molar-refractivity contribution in [2.75, 3.05) is 0 Å². The molecule has 2 N–H and O–H groups in total. The minimum atomic E-state index is -1.51. The highest BCUT2D eigenvalue weighted by Gasteiger charge is 2.13. The Hall–Kier alpha value is -2.24. The Morgan fingerprint density at radius 3 is 2.16 bits per heavy atom. The Labute approximate surface area is 149 Å². The first-order valence-electron chi connectivity index (χ1n) is 8.02. The highest BCUT2D eigenvalue weighted by Crippen LogP contribution is 2.23. The zero-order chi connectivity index (χ0) is 19.1. The molecule has 0 saturated carbocycles. The van der Waals surface area contributed by atoms with Crippen LogP contribution in [0.1, 0.15) is 39.5 Å². The molecule has 0 bridgehead atoms. The third kappa shape index (κ3) is 5.66. The number of benzene rings is 2. The molecule has 0 heterocycles. The molecule has 0 aromatic heterocycles. The monoisotopic (exact) mass is 342 g/mol. The summed E-state index contributed by atoms with van der Waals surface area (Å²) in [6.07, 6.45) is 2.72. The molecule has 0 aliphatic carbocycles. The van der Waals surface area contributed by atoms with Crippen molar-refractivity contribution < 1.29 is 19.2 Å². The van der Waals surface area contributed by atoms with Gasteiger partial charge in [-0.1, -0.05) is 24.3 Å². The second-order valence-electron chi connectivity index (χ2n) is 5.96. The maximum absolute atomic E-state index is 12.2. The number of ketones is 1. The minimum absolute atomic E-state index is 0.148. The quantitative estimate of drug-likeness (QED) is 0.510. The van der Waals surface area contributed by atoms with Crippen molar-refractivity contribution in [3.63, 3.8) is 0 Å². The van der Waals surface area contributed by atoms with E-state index in [4.69, 9.17) is 10.0 Å². The number of allylic oxidation sites excluding steroid dienone is 1. The molecule has 0 fully saturated rings. The Morgan fingerprint density at radius 1 is 1.16 bits per heavy atom. The van der Waals surface area contributed by atoms with Crippen LogP contribution in [0, 0.1) is 26.6 Å². The maximum atomic E-state index is 12.2. The Balaban J connectivity index is 0.000000271. The summed E-state index contributed by atoms with van der Waals surface area (Å²) in [4.78, 5) is 11.5. The van der Waals surface area contributed by atoms with Crippen LogP contribution >= 0.6 is 0 Å². The van der Waals surface area contributed by atoms with Gasteiger partial charge in [0, 0.05) is 5.56 Å². The summed E-state index contributed by atoms with van der Waals surface area (Å²) >= 11 is 0. The fraction of sp³-hybridized carbons (Fsp3) is 0.250. The number of hydrogen-bond donors (Lipinski definition) is 2. The Morgan fingerprint density at radius 2 is 1.72 bits per heavy atom. The summed E-state index contributed by atoms with van der Waals surface area (Å²) in [5.74, 6) is -0.236. The fourth-order valence-electron chi connectivity index (χ4n) is 2.86. The number of hydrogen-bond acceptors (Lipinski definition) is 3. The minimum Gasteiger partial charge on any atom is -0.423 e. The molecule has 0 spiro atoms. The maximum Gasteiger partial charge on any atom is 0.488 e. The summed E-state index contributed by atoms with van der Waals surface area (Å²) in [5.41, 5.74) is 5.83. The fourth-order valence-corrected chi connectivity index (χ4v) is 2.86. The summed E-state index contributed by atoms with van der Waals surface area (Å²) in [5, 5.41) is 17.1. The van der Waals surface area contributed by atoms with Crippen LogP contribution in [-0.4, -0.2) is 22.9 Å². The van der Waals surface area contributed by atoms with Gasteiger partial charge in [-0.3, -0.25) is 4.79 Å². The smallest absolute Gasteiger partial charge is 0.423 e. The molecule has 0 unspecified atom stereocenters. The van der Waals surface area contributed by atoms with E-state index < -0.39 is 7.12 Å². The summed E-state index contributed by atoms with van der Waals surface area (Å²) in [6.45, 7) is 11.5. The lowest BCUT2D eigenvalue weighted by atomic mass is 9.80. The molecule has 0 radical (unpaired) electrons. The molecule has 2 rings (SSSR count). The van der Waals surface area contributed by atoms with Crippen molar-refractivity contribution in [3.05, 3.63) is 76.6 Å². The van der Waals surface area contributed by atoms with Gasteiger partial charge in [-0.15, -0.1) is 6.58 Å². The van der Waals surface area contributed by atoms with Gasteiger partial charge in [-0.05, 0) is 74.0 Å². The number of halogens is 1. The standard InChI is InChI=1S/C14H18O.C6H6BFO2/c1-6-7-13-9(2)8-10(3)14(11(13)4)12(5)15;8-6-3-1-5(2-4-6)7(9)10/h6,8H,1,7H2,2-5H3;1-4,9-10H. The molecule has 2 aromatic carbocycles. The predicted octanol–water partition coefficient (Wildman–Crippen LogP) is 3.05. The lowest BCUT2D eigenvalue weighted by Gasteiger charge is -2.14. The number of carbonyl (C=O) groups is 1. The van der Waals surface area contributed by atoms with Gasteiger partial charge < -0.3 is 10.0 Å². The van der Waals surface area contributed by atoms with Gasteiger partial charge in [0.25, 0.3) is 0 Å². The molecule has 0 saturated heterocycles. The van der Waals surface area contributed by atoms with E-state index in [1.807, 2.05) is 19.9 Å². The van der Waals surface area contributed by atoms with Crippen molar-refractivity contribution in [1.29, 1.82) is 0 Å². The molecular formula is C20H24BFO3. The van der Waals surface area contributed by atoms with E-state index in [1.54, 1.807) is 6.92 Å². The number of carbonyl (C=O) groups excluding carboxylic acids is 1. The van der Waals surface area contributed by atoms with Crippen molar-refractivity contribution >= 4 is 18.4 Å². The number of rotatable bonds is 4. The number of aryl methyl sites for hydroxylation is 2. The van der Waals surface area contributed by atoms with E-state index in [9.17, 15) is 9.18 Å². The molecule has 0 aliphatic heterocycles. The van der Waals surface area contributed by atoms with E-state index in [2.05, 4.69) is 19.6 Å². The second-order valence-corrected chi connectivity index (χ2v) is 5.96. The molecule has 25 heavy (non-hydrogen) atoms. The van der Waals surface area contributed by atoms with E-state index in [-0.39, 0.29) is 11.6 Å². The first-order chi connectivity index (χ1) is 11.7. The first-order valence-corrected chi connectivity index (χ1v) is 8.02. The third-order valence-corrected chi connectivity index (χ3v) is 4.00. The Kier molecular flexibility index (Phi) is 7.74. The van der Waals surface area contributed by atoms with Gasteiger partial charge in [0.15, 0.2) is 5.78 Å². The molecule has 132 valence electrons. The van der Waals surface area contributed by atoms with Crippen LogP contribution < -0.4 is 5.46 Å². The van der Waals surface area contributed by atoms with E-state index in [1.165, 1.54) is 35.4 Å². The highest BCUT2D eigenvalue weighted by molar-refractivity contribution is 6.58. The largest absolute Gasteiger partial charge is 0.488 e. The van der Waals surface area contributed by atoms with Gasteiger partial charge >= 0.3 is 7.12 Å². The lowest BCUT2D eigenvalue weighted by Crippen LogP contribution is -2.29. The van der Waals surface area contributed by atoms with Crippen LogP contribution in [0.25, 0.3) is 0 Å².